The van der Waals surface area contributed by atoms with Crippen LogP contribution in [0.15, 0.2) is 12.2 Å². The van der Waals surface area contributed by atoms with E-state index in [0.29, 0.717) is 6.61 Å². The minimum Gasteiger partial charge on any atom is -0.415 e. The third kappa shape index (κ3) is 4.93. The van der Waals surface area contributed by atoms with Gasteiger partial charge in [0.1, 0.15) is 0 Å². The zero-order chi connectivity index (χ0) is 11.2. The molecular formula is C11H24O2Si. The summed E-state index contributed by atoms with van der Waals surface area (Å²) in [7, 11) is -1.66. The average Bonchev–Trinajstić information content (AvgIpc) is 2.03. The van der Waals surface area contributed by atoms with Gasteiger partial charge in [0.25, 0.3) is 0 Å². The molecule has 0 radical (unpaired) electrons. The maximum absolute atomic E-state index is 5.81. The van der Waals surface area contributed by atoms with Crippen LogP contribution in [0.5, 0.6) is 0 Å². The summed E-state index contributed by atoms with van der Waals surface area (Å²) in [6, 6.07) is 0. The first kappa shape index (κ1) is 13.9. The molecule has 0 amide bonds. The highest BCUT2D eigenvalue weighted by Crippen LogP contribution is 2.17. The van der Waals surface area contributed by atoms with Gasteiger partial charge in [-0.15, -0.1) is 0 Å². The zero-order valence-corrected chi connectivity index (χ0v) is 11.2. The standard InChI is InChI=1S/C11H24O2Si/c1-7-11(12-9-10(3)4)14(5,6)13-8-2/h11H,3,7-9H2,1-2,4-6H3. The van der Waals surface area contributed by atoms with Crippen LogP contribution in [0.4, 0.5) is 0 Å². The largest absolute Gasteiger partial charge is 0.415 e. The van der Waals surface area contributed by atoms with Gasteiger partial charge in [-0.3, -0.25) is 0 Å². The molecule has 0 aromatic carbocycles. The fourth-order valence-electron chi connectivity index (χ4n) is 1.52. The first-order valence-corrected chi connectivity index (χ1v) is 8.32. The molecule has 0 aromatic rings. The van der Waals surface area contributed by atoms with E-state index in [-0.39, 0.29) is 5.73 Å². The van der Waals surface area contributed by atoms with Crippen LogP contribution in [-0.4, -0.2) is 27.3 Å². The Labute approximate surface area is 89.4 Å². The van der Waals surface area contributed by atoms with Crippen molar-refractivity contribution in [3.05, 3.63) is 12.2 Å². The minimum absolute atomic E-state index is 0.277. The molecule has 0 spiro atoms. The highest BCUT2D eigenvalue weighted by Gasteiger charge is 2.32. The second-order valence-corrected chi connectivity index (χ2v) is 8.34. The highest BCUT2D eigenvalue weighted by molar-refractivity contribution is 6.72. The molecule has 0 aliphatic rings. The predicted molar refractivity (Wildman–Crippen MR) is 64.0 cm³/mol. The number of hydrogen-bond acceptors (Lipinski definition) is 2. The van der Waals surface area contributed by atoms with E-state index in [2.05, 4.69) is 26.6 Å². The second-order valence-electron chi connectivity index (χ2n) is 4.20. The molecule has 3 heteroatoms. The number of rotatable bonds is 7. The Morgan fingerprint density at radius 1 is 1.36 bits per heavy atom. The monoisotopic (exact) mass is 216 g/mol. The van der Waals surface area contributed by atoms with Gasteiger partial charge < -0.3 is 9.16 Å². The van der Waals surface area contributed by atoms with Crippen molar-refractivity contribution in [2.24, 2.45) is 0 Å². The summed E-state index contributed by atoms with van der Waals surface area (Å²) < 4.78 is 11.6. The van der Waals surface area contributed by atoms with Gasteiger partial charge in [-0.2, -0.15) is 0 Å². The van der Waals surface area contributed by atoms with Crippen molar-refractivity contribution in [2.45, 2.75) is 46.0 Å². The van der Waals surface area contributed by atoms with E-state index in [0.717, 1.165) is 18.6 Å². The number of ether oxygens (including phenoxy) is 1. The fourth-order valence-corrected chi connectivity index (χ4v) is 3.92. The average molecular weight is 216 g/mol. The van der Waals surface area contributed by atoms with Crippen LogP contribution in [0.1, 0.15) is 27.2 Å². The van der Waals surface area contributed by atoms with Crippen LogP contribution in [-0.2, 0) is 9.16 Å². The summed E-state index contributed by atoms with van der Waals surface area (Å²) in [6.45, 7) is 15.9. The Balaban J connectivity index is 4.16. The molecule has 2 nitrogen and oxygen atoms in total. The first-order chi connectivity index (χ1) is 6.44. The van der Waals surface area contributed by atoms with Gasteiger partial charge in [-0.05, 0) is 33.4 Å². The van der Waals surface area contributed by atoms with E-state index in [1.807, 2.05) is 13.8 Å². The van der Waals surface area contributed by atoms with Gasteiger partial charge in [-0.1, -0.05) is 19.1 Å². The van der Waals surface area contributed by atoms with E-state index in [1.165, 1.54) is 0 Å². The molecule has 14 heavy (non-hydrogen) atoms. The Morgan fingerprint density at radius 2 is 1.93 bits per heavy atom. The summed E-state index contributed by atoms with van der Waals surface area (Å²) in [5.41, 5.74) is 1.35. The molecule has 1 unspecified atom stereocenters. The smallest absolute Gasteiger partial charge is 0.214 e. The number of hydrogen-bond donors (Lipinski definition) is 0. The Hall–Kier alpha value is -0.123. The second kappa shape index (κ2) is 6.38. The zero-order valence-electron chi connectivity index (χ0n) is 10.2. The molecule has 0 bridgehead atoms. The molecule has 0 saturated carbocycles. The summed E-state index contributed by atoms with van der Waals surface area (Å²) >= 11 is 0. The third-order valence-electron chi connectivity index (χ3n) is 2.19. The Morgan fingerprint density at radius 3 is 2.29 bits per heavy atom. The third-order valence-corrected chi connectivity index (χ3v) is 5.35. The summed E-state index contributed by atoms with van der Waals surface area (Å²) in [5.74, 6) is 0. The van der Waals surface area contributed by atoms with Gasteiger partial charge in [-0.25, -0.2) is 0 Å². The van der Waals surface area contributed by atoms with Crippen molar-refractivity contribution >= 4 is 8.32 Å². The maximum atomic E-state index is 5.81. The van der Waals surface area contributed by atoms with E-state index in [4.69, 9.17) is 9.16 Å². The van der Waals surface area contributed by atoms with Gasteiger partial charge in [0, 0.05) is 6.61 Å². The van der Waals surface area contributed by atoms with Crippen molar-refractivity contribution in [1.29, 1.82) is 0 Å². The van der Waals surface area contributed by atoms with Crippen LogP contribution >= 0.6 is 0 Å². The van der Waals surface area contributed by atoms with Gasteiger partial charge in [0.05, 0.1) is 12.3 Å². The molecular weight excluding hydrogens is 192 g/mol. The molecule has 1 atom stereocenters. The lowest BCUT2D eigenvalue weighted by Gasteiger charge is -2.31. The van der Waals surface area contributed by atoms with Crippen LogP contribution < -0.4 is 0 Å². The van der Waals surface area contributed by atoms with Crippen LogP contribution in [0.3, 0.4) is 0 Å². The summed E-state index contributed by atoms with van der Waals surface area (Å²) in [5, 5.41) is 0. The molecule has 0 saturated heterocycles. The maximum Gasteiger partial charge on any atom is 0.214 e. The molecule has 0 fully saturated rings. The lowest BCUT2D eigenvalue weighted by Crippen LogP contribution is -2.46. The topological polar surface area (TPSA) is 18.5 Å². The van der Waals surface area contributed by atoms with Crippen LogP contribution in [0.25, 0.3) is 0 Å². The Kier molecular flexibility index (Phi) is 6.32. The van der Waals surface area contributed by atoms with Gasteiger partial charge >= 0.3 is 0 Å². The highest BCUT2D eigenvalue weighted by atomic mass is 28.4. The summed E-state index contributed by atoms with van der Waals surface area (Å²) in [4.78, 5) is 0. The van der Waals surface area contributed by atoms with E-state index in [9.17, 15) is 0 Å². The van der Waals surface area contributed by atoms with Crippen molar-refractivity contribution < 1.29 is 9.16 Å². The van der Waals surface area contributed by atoms with Crippen molar-refractivity contribution in [3.63, 3.8) is 0 Å². The quantitative estimate of drug-likeness (QED) is 0.481. The summed E-state index contributed by atoms with van der Waals surface area (Å²) in [6.07, 6.45) is 1.02. The van der Waals surface area contributed by atoms with Crippen molar-refractivity contribution in [3.8, 4) is 0 Å². The molecule has 84 valence electrons. The molecule has 0 aliphatic heterocycles. The van der Waals surface area contributed by atoms with Crippen molar-refractivity contribution in [1.82, 2.24) is 0 Å². The SMILES string of the molecule is C=C(C)COC(CC)[Si](C)(C)OCC. The van der Waals surface area contributed by atoms with Crippen molar-refractivity contribution in [2.75, 3.05) is 13.2 Å². The van der Waals surface area contributed by atoms with Crippen LogP contribution in [0, 0.1) is 0 Å². The lowest BCUT2D eigenvalue weighted by molar-refractivity contribution is 0.0974. The van der Waals surface area contributed by atoms with Gasteiger partial charge in [0.2, 0.25) is 8.32 Å². The van der Waals surface area contributed by atoms with Gasteiger partial charge in [0.15, 0.2) is 0 Å². The predicted octanol–water partition coefficient (Wildman–Crippen LogP) is 3.14. The molecule has 0 aromatic heterocycles. The molecule has 0 heterocycles. The van der Waals surface area contributed by atoms with E-state index in [1.54, 1.807) is 0 Å². The molecule has 0 rings (SSSR count). The van der Waals surface area contributed by atoms with E-state index < -0.39 is 8.32 Å². The van der Waals surface area contributed by atoms with Crippen LogP contribution in [0.2, 0.25) is 13.1 Å². The van der Waals surface area contributed by atoms with E-state index >= 15 is 0 Å². The first-order valence-electron chi connectivity index (χ1n) is 5.34. The fraction of sp³-hybridized carbons (Fsp3) is 0.818. The minimum atomic E-state index is -1.66. The normalized spacial score (nSPS) is 14.1. The molecule has 0 N–H and O–H groups in total. The lowest BCUT2D eigenvalue weighted by atomic mass is 10.4. The molecule has 0 aliphatic carbocycles. The Bertz CT molecular complexity index is 178.